The Morgan fingerprint density at radius 2 is 1.36 bits per heavy atom. The van der Waals surface area contributed by atoms with Crippen LogP contribution in [0.3, 0.4) is 0 Å². The molecule has 0 aliphatic heterocycles. The predicted octanol–water partition coefficient (Wildman–Crippen LogP) is 3.85. The second-order valence-corrected chi connectivity index (χ2v) is 24.1. The van der Waals surface area contributed by atoms with E-state index in [0.29, 0.717) is 0 Å². The summed E-state index contributed by atoms with van der Waals surface area (Å²) in [5.41, 5.74) is 1.42. The van der Waals surface area contributed by atoms with E-state index in [1.165, 1.54) is 5.56 Å². The van der Waals surface area contributed by atoms with Gasteiger partial charge >= 0.3 is 101 Å². The fourth-order valence-electron chi connectivity index (χ4n) is 1.16. The van der Waals surface area contributed by atoms with Crippen LogP contribution in [0.4, 0.5) is 0 Å². The zero-order valence-electron chi connectivity index (χ0n) is 8.44. The monoisotopic (exact) mass is 358 g/mol. The summed E-state index contributed by atoms with van der Waals surface area (Å²) in [6.45, 7) is 6.50. The van der Waals surface area contributed by atoms with Crippen LogP contribution in [-0.4, -0.2) is 15.0 Å². The van der Waals surface area contributed by atoms with Crippen LogP contribution >= 0.6 is 26.8 Å². The van der Waals surface area contributed by atoms with Gasteiger partial charge in [-0.15, -0.1) is 0 Å². The Labute approximate surface area is 101 Å². The molecule has 0 fully saturated rings. The molecule has 0 nitrogen and oxygen atoms in total. The Hall–Kier alpha value is 0.889. The van der Waals surface area contributed by atoms with Crippen LogP contribution in [0.5, 0.6) is 0 Å². The van der Waals surface area contributed by atoms with Gasteiger partial charge in [0, 0.05) is 0 Å². The van der Waals surface area contributed by atoms with Crippen LogP contribution in [0.2, 0.25) is 0 Å². The molecule has 0 amide bonds. The van der Waals surface area contributed by atoms with Gasteiger partial charge in [-0.2, -0.15) is 0 Å². The predicted molar refractivity (Wildman–Crippen MR) is 68.1 cm³/mol. The number of hydrogen-bond donors (Lipinski definition) is 0. The summed E-state index contributed by atoms with van der Waals surface area (Å²) in [6, 6.07) is 8.00. The van der Waals surface area contributed by atoms with Gasteiger partial charge in [-0.25, -0.2) is 0 Å². The molecule has 0 aromatic heterocycles. The minimum atomic E-state index is -3.40. The molecule has 0 aliphatic carbocycles. The first-order chi connectivity index (χ1) is 6.21. The summed E-state index contributed by atoms with van der Waals surface area (Å²) in [7, 11) is 17.9. The van der Waals surface area contributed by atoms with Crippen molar-refractivity contribution in [3.05, 3.63) is 29.8 Å². The summed E-state index contributed by atoms with van der Waals surface area (Å²) in [4.78, 5) is 0. The summed E-state index contributed by atoms with van der Waals surface area (Å²) in [5, 5.41) is 0. The van der Waals surface area contributed by atoms with Gasteiger partial charge in [0.1, 0.15) is 0 Å². The van der Waals surface area contributed by atoms with Crippen LogP contribution < -0.4 is 3.58 Å². The van der Waals surface area contributed by atoms with E-state index < -0.39 is 15.0 Å². The first-order valence-corrected chi connectivity index (χ1v) is 16.7. The van der Waals surface area contributed by atoms with E-state index in [0.717, 1.165) is 3.58 Å². The minimum absolute atomic E-state index is 0.154. The van der Waals surface area contributed by atoms with E-state index in [4.69, 9.17) is 26.8 Å². The third kappa shape index (κ3) is 3.48. The number of benzene rings is 1. The Kier molecular flexibility index (Phi) is 4.08. The van der Waals surface area contributed by atoms with Crippen molar-refractivity contribution in [3.63, 3.8) is 0 Å². The van der Waals surface area contributed by atoms with Crippen molar-refractivity contribution < 1.29 is 0 Å². The average Bonchev–Trinajstić information content (AvgIpc) is 2.01. The van der Waals surface area contributed by atoms with Crippen molar-refractivity contribution in [3.8, 4) is 0 Å². The Balaban J connectivity index is 3.02. The van der Waals surface area contributed by atoms with Crippen LogP contribution in [0, 0.1) is 0 Å². The third-order valence-electron chi connectivity index (χ3n) is 2.08. The molecule has 0 unspecified atom stereocenters. The molecule has 0 saturated heterocycles. The Morgan fingerprint density at radius 3 is 1.64 bits per heavy atom. The molecule has 0 atom stereocenters. The Morgan fingerprint density at radius 1 is 0.929 bits per heavy atom. The zero-order chi connectivity index (χ0) is 11.0. The fourth-order valence-corrected chi connectivity index (χ4v) is 5.25. The quantitative estimate of drug-likeness (QED) is 0.669. The van der Waals surface area contributed by atoms with Crippen LogP contribution in [0.15, 0.2) is 24.3 Å². The van der Waals surface area contributed by atoms with Gasteiger partial charge in [-0.3, -0.25) is 0 Å². The van der Waals surface area contributed by atoms with E-state index >= 15 is 0 Å². The van der Waals surface area contributed by atoms with Crippen LogP contribution in [0.1, 0.15) is 26.3 Å². The standard InChI is InChI=1S/C10H13.3ClH.Sn/c1-10(2,3)9-7-5-4-6-8-9;;;;/h5-8H,1-3H3;3*1H;/q;;;;+3/p-3. The first-order valence-electron chi connectivity index (χ1n) is 4.39. The van der Waals surface area contributed by atoms with E-state index in [2.05, 4.69) is 20.8 Å². The number of halogens is 3. The van der Waals surface area contributed by atoms with Gasteiger partial charge in [0.05, 0.1) is 0 Å². The molecule has 0 heterocycles. The van der Waals surface area contributed by atoms with Gasteiger partial charge < -0.3 is 0 Å². The molecule has 0 spiro atoms. The molecular formula is C10H13Cl3Sn. The van der Waals surface area contributed by atoms with E-state index in [1.54, 1.807) is 0 Å². The molecule has 0 bridgehead atoms. The normalized spacial score (nSPS) is 13.0. The molecule has 0 aliphatic rings. The summed E-state index contributed by atoms with van der Waals surface area (Å²) in [6.07, 6.45) is 0. The average molecular weight is 358 g/mol. The SMILES string of the molecule is CC(C)(C)c1cc[c]([Sn]([Cl])([Cl])[Cl])cc1. The fraction of sp³-hybridized carbons (Fsp3) is 0.400. The maximum atomic E-state index is 5.97. The van der Waals surface area contributed by atoms with E-state index in [1.807, 2.05) is 24.3 Å². The van der Waals surface area contributed by atoms with E-state index in [-0.39, 0.29) is 5.41 Å². The summed E-state index contributed by atoms with van der Waals surface area (Å²) in [5.74, 6) is 0. The van der Waals surface area contributed by atoms with Crippen molar-refractivity contribution in [2.24, 2.45) is 0 Å². The van der Waals surface area contributed by atoms with Gasteiger partial charge in [-0.1, -0.05) is 0 Å². The summed E-state index contributed by atoms with van der Waals surface area (Å²) >= 11 is -3.40. The van der Waals surface area contributed by atoms with Gasteiger partial charge in [0.2, 0.25) is 0 Å². The molecule has 78 valence electrons. The van der Waals surface area contributed by atoms with Crippen molar-refractivity contribution in [2.75, 3.05) is 0 Å². The molecular weight excluding hydrogens is 345 g/mol. The molecule has 1 aromatic rings. The first kappa shape index (κ1) is 13.0. The maximum absolute atomic E-state index is 5.97. The van der Waals surface area contributed by atoms with Gasteiger partial charge in [0.15, 0.2) is 0 Å². The van der Waals surface area contributed by atoms with Gasteiger partial charge in [-0.05, 0) is 0 Å². The van der Waals surface area contributed by atoms with Crippen molar-refractivity contribution in [2.45, 2.75) is 26.2 Å². The van der Waals surface area contributed by atoms with Crippen molar-refractivity contribution in [1.82, 2.24) is 0 Å². The zero-order valence-corrected chi connectivity index (χ0v) is 13.6. The molecule has 0 radical (unpaired) electrons. The second kappa shape index (κ2) is 4.40. The Bertz CT molecular complexity index is 273. The van der Waals surface area contributed by atoms with E-state index in [9.17, 15) is 0 Å². The topological polar surface area (TPSA) is 0 Å². The molecule has 1 aromatic carbocycles. The molecule has 1 rings (SSSR count). The van der Waals surface area contributed by atoms with Crippen LogP contribution in [-0.2, 0) is 5.41 Å². The number of rotatable bonds is 1. The van der Waals surface area contributed by atoms with Gasteiger partial charge in [0.25, 0.3) is 0 Å². The van der Waals surface area contributed by atoms with Crippen molar-refractivity contribution in [1.29, 1.82) is 0 Å². The molecule has 14 heavy (non-hydrogen) atoms. The number of hydrogen-bond acceptors (Lipinski definition) is 0. The summed E-state index contributed by atoms with van der Waals surface area (Å²) < 4.78 is 0.914. The molecule has 0 saturated carbocycles. The van der Waals surface area contributed by atoms with Crippen molar-refractivity contribution >= 4 is 45.3 Å². The molecule has 0 N–H and O–H groups in total. The van der Waals surface area contributed by atoms with Crippen LogP contribution in [0.25, 0.3) is 0 Å². The second-order valence-electron chi connectivity index (χ2n) is 4.33. The third-order valence-corrected chi connectivity index (χ3v) is 9.29. The molecule has 4 heteroatoms.